The summed E-state index contributed by atoms with van der Waals surface area (Å²) in [6.45, 7) is 11.5. The van der Waals surface area contributed by atoms with E-state index in [1.807, 2.05) is 11.6 Å². The topological polar surface area (TPSA) is 41.7 Å². The molecule has 2 aliphatic heterocycles. The van der Waals surface area contributed by atoms with E-state index >= 15 is 0 Å². The normalized spacial score (nSPS) is 24.3. The van der Waals surface area contributed by atoms with E-state index in [1.165, 1.54) is 96.4 Å². The number of nitrogens with zero attached hydrogens (tertiary/aromatic N) is 2. The van der Waals surface area contributed by atoms with E-state index in [-0.39, 0.29) is 5.54 Å². The van der Waals surface area contributed by atoms with E-state index in [4.69, 9.17) is 10.1 Å². The van der Waals surface area contributed by atoms with E-state index in [0.717, 1.165) is 6.54 Å². The zero-order chi connectivity index (χ0) is 20.5. The van der Waals surface area contributed by atoms with Crippen molar-refractivity contribution in [1.82, 2.24) is 9.37 Å². The van der Waals surface area contributed by atoms with Gasteiger partial charge in [-0.2, -0.15) is 5.06 Å². The lowest BCUT2D eigenvalue weighted by Crippen LogP contribution is -2.51. The quantitative estimate of drug-likeness (QED) is 0.257. The summed E-state index contributed by atoms with van der Waals surface area (Å²) in [5, 5.41) is 2.34. The van der Waals surface area contributed by atoms with Gasteiger partial charge in [0.1, 0.15) is 0 Å². The lowest BCUT2D eigenvalue weighted by atomic mass is 9.81. The van der Waals surface area contributed by atoms with Gasteiger partial charge in [-0.1, -0.05) is 66.2 Å². The van der Waals surface area contributed by atoms with Gasteiger partial charge in [0.2, 0.25) is 7.50 Å². The first kappa shape index (κ1) is 24.9. The molecule has 4 nitrogen and oxygen atoms in total. The summed E-state index contributed by atoms with van der Waals surface area (Å²) < 4.78 is 9.22. The molecule has 1 unspecified atom stereocenters. The molecule has 2 saturated heterocycles. The van der Waals surface area contributed by atoms with Crippen LogP contribution in [0, 0.1) is 0 Å². The first-order valence-corrected chi connectivity index (χ1v) is 14.7. The van der Waals surface area contributed by atoms with Crippen molar-refractivity contribution in [1.29, 1.82) is 0 Å². The van der Waals surface area contributed by atoms with Gasteiger partial charge in [-0.3, -0.25) is 5.50 Å². The predicted octanol–water partition coefficient (Wildman–Crippen LogP) is 7.40. The second-order valence-electron chi connectivity index (χ2n) is 9.02. The molecule has 0 aromatic carbocycles. The van der Waals surface area contributed by atoms with Gasteiger partial charge in [0.25, 0.3) is 0 Å². The van der Waals surface area contributed by atoms with E-state index in [2.05, 4.69) is 37.1 Å². The Morgan fingerprint density at radius 3 is 1.86 bits per heavy atom. The zero-order valence-corrected chi connectivity index (χ0v) is 20.8. The highest BCUT2D eigenvalue weighted by Crippen LogP contribution is 2.54. The van der Waals surface area contributed by atoms with E-state index < -0.39 is 7.50 Å². The summed E-state index contributed by atoms with van der Waals surface area (Å²) in [4.78, 5) is 0. The molecule has 2 heterocycles. The number of hydroxylamine groups is 2. The van der Waals surface area contributed by atoms with E-state index in [9.17, 15) is 0 Å². The Labute approximate surface area is 180 Å². The molecule has 28 heavy (non-hydrogen) atoms. The number of rotatable bonds is 12. The van der Waals surface area contributed by atoms with Crippen LogP contribution in [-0.4, -0.2) is 33.5 Å². The molecule has 6 heteroatoms. The van der Waals surface area contributed by atoms with Gasteiger partial charge < -0.3 is 0 Å². The molecule has 1 atom stereocenters. The lowest BCUT2D eigenvalue weighted by Gasteiger charge is -2.49. The molecule has 0 spiro atoms. The number of hydrogen-bond acceptors (Lipinski definition) is 5. The van der Waals surface area contributed by atoms with Crippen LogP contribution in [0.25, 0.3) is 0 Å². The third kappa shape index (κ3) is 6.31. The Hall–Kier alpha value is 0.620. The fraction of sp³-hybridized carbons (Fsp3) is 1.00. The summed E-state index contributed by atoms with van der Waals surface area (Å²) in [6, 6.07) is 0. The Morgan fingerprint density at radius 1 is 0.786 bits per heavy atom. The van der Waals surface area contributed by atoms with Crippen LogP contribution in [0.2, 0.25) is 0 Å². The Bertz CT molecular complexity index is 379. The van der Waals surface area contributed by atoms with E-state index in [1.54, 1.807) is 0 Å². The fourth-order valence-electron chi connectivity index (χ4n) is 5.72. The number of nitrogens with two attached hydrogens (primary N) is 1. The smallest absolute Gasteiger partial charge is 0.201 e. The fourth-order valence-corrected chi connectivity index (χ4v) is 8.73. The summed E-state index contributed by atoms with van der Waals surface area (Å²) in [5.41, 5.74) is 7.24. The molecule has 2 rings (SSSR count). The molecule has 0 amide bonds. The van der Waals surface area contributed by atoms with Crippen molar-refractivity contribution in [3.05, 3.63) is 0 Å². The minimum atomic E-state index is -1.02. The van der Waals surface area contributed by atoms with Crippen LogP contribution < -0.4 is 5.50 Å². The summed E-state index contributed by atoms with van der Waals surface area (Å²) >= 11 is 1.85. The maximum Gasteiger partial charge on any atom is 0.201 e. The first-order valence-electron chi connectivity index (χ1n) is 12.0. The third-order valence-electron chi connectivity index (χ3n) is 6.78. The van der Waals surface area contributed by atoms with Crippen molar-refractivity contribution < 1.29 is 4.62 Å². The molecular formula is C22H46N3OPS. The van der Waals surface area contributed by atoms with Gasteiger partial charge in [0.05, 0.1) is 0 Å². The maximum absolute atomic E-state index is 6.68. The molecule has 2 aliphatic rings. The second-order valence-corrected chi connectivity index (χ2v) is 11.9. The lowest BCUT2D eigenvalue weighted by molar-refractivity contribution is -0.163. The van der Waals surface area contributed by atoms with Crippen LogP contribution in [0.4, 0.5) is 0 Å². The molecule has 0 radical (unpaired) electrons. The SMILES string of the molecule is CCCC1(CCC)CCCCN1OP(N)SN1CCCCC1(CCC)CCC. The summed E-state index contributed by atoms with van der Waals surface area (Å²) in [6.07, 6.45) is 17.8. The average Bonchev–Trinajstić information content (AvgIpc) is 2.66. The van der Waals surface area contributed by atoms with Crippen molar-refractivity contribution in [2.24, 2.45) is 5.50 Å². The van der Waals surface area contributed by atoms with Gasteiger partial charge >= 0.3 is 0 Å². The van der Waals surface area contributed by atoms with Crippen molar-refractivity contribution >= 4 is 19.1 Å². The molecule has 2 N–H and O–H groups in total. The summed E-state index contributed by atoms with van der Waals surface area (Å²) in [7, 11) is -1.02. The van der Waals surface area contributed by atoms with Gasteiger partial charge in [-0.25, -0.2) is 8.93 Å². The summed E-state index contributed by atoms with van der Waals surface area (Å²) in [5.74, 6) is 0. The van der Waals surface area contributed by atoms with Crippen molar-refractivity contribution in [2.45, 2.75) is 129 Å². The van der Waals surface area contributed by atoms with Crippen LogP contribution in [0.1, 0.15) is 118 Å². The van der Waals surface area contributed by atoms with Gasteiger partial charge in [-0.05, 0) is 62.9 Å². The van der Waals surface area contributed by atoms with Crippen LogP contribution >= 0.6 is 19.1 Å². The van der Waals surface area contributed by atoms with Gasteiger partial charge in [0, 0.05) is 24.2 Å². The van der Waals surface area contributed by atoms with Gasteiger partial charge in [-0.15, -0.1) is 0 Å². The standard InChI is InChI=1S/C22H46N3OPS/c1-5-13-21(14-6-2)17-9-11-19-24(21)26-27(23)28-25-20-12-10-18-22(25,15-7-3)16-8-4/h5-20,23H2,1-4H3. The van der Waals surface area contributed by atoms with Crippen LogP contribution in [0.15, 0.2) is 0 Å². The van der Waals surface area contributed by atoms with Gasteiger partial charge in [0.15, 0.2) is 0 Å². The average molecular weight is 432 g/mol. The molecule has 2 fully saturated rings. The Morgan fingerprint density at radius 2 is 1.29 bits per heavy atom. The number of piperidine rings is 2. The molecule has 0 aromatic rings. The second kappa shape index (κ2) is 12.5. The van der Waals surface area contributed by atoms with Crippen LogP contribution in [0.3, 0.4) is 0 Å². The highest BCUT2D eigenvalue weighted by atomic mass is 32.7. The molecule has 166 valence electrons. The zero-order valence-electron chi connectivity index (χ0n) is 19.0. The Kier molecular flexibility index (Phi) is 11.1. The monoisotopic (exact) mass is 431 g/mol. The minimum absolute atomic E-state index is 0.216. The molecular weight excluding hydrogens is 385 g/mol. The van der Waals surface area contributed by atoms with Crippen molar-refractivity contribution in [3.8, 4) is 0 Å². The predicted molar refractivity (Wildman–Crippen MR) is 126 cm³/mol. The molecule has 0 aromatic heterocycles. The number of hydrogen-bond donors (Lipinski definition) is 1. The molecule has 0 aliphatic carbocycles. The largest absolute Gasteiger partial charge is 0.277 e. The molecule has 0 bridgehead atoms. The highest BCUT2D eigenvalue weighted by molar-refractivity contribution is 8.52. The third-order valence-corrected chi connectivity index (χ3v) is 9.34. The molecule has 0 saturated carbocycles. The Balaban J connectivity index is 2.06. The minimum Gasteiger partial charge on any atom is -0.277 e. The maximum atomic E-state index is 6.68. The van der Waals surface area contributed by atoms with Crippen LogP contribution in [-0.2, 0) is 4.62 Å². The van der Waals surface area contributed by atoms with E-state index in [0.29, 0.717) is 5.54 Å². The van der Waals surface area contributed by atoms with Crippen molar-refractivity contribution in [3.63, 3.8) is 0 Å². The van der Waals surface area contributed by atoms with Crippen LogP contribution in [0.5, 0.6) is 0 Å². The first-order chi connectivity index (χ1) is 13.6. The highest BCUT2D eigenvalue weighted by Gasteiger charge is 2.42. The van der Waals surface area contributed by atoms with Crippen molar-refractivity contribution in [2.75, 3.05) is 13.1 Å².